The summed E-state index contributed by atoms with van der Waals surface area (Å²) in [5, 5.41) is 92.0. The molecule has 0 aromatic heterocycles. The van der Waals surface area contributed by atoms with Crippen molar-refractivity contribution in [1.29, 1.82) is 0 Å². The molecule has 0 aliphatic carbocycles. The van der Waals surface area contributed by atoms with E-state index in [-0.39, 0.29) is 77.0 Å². The fourth-order valence-corrected chi connectivity index (χ4v) is 7.32. The summed E-state index contributed by atoms with van der Waals surface area (Å²) in [4.78, 5) is 144. The Hall–Kier alpha value is -6.36. The van der Waals surface area contributed by atoms with Crippen LogP contribution in [0.5, 0.6) is 0 Å². The van der Waals surface area contributed by atoms with E-state index in [9.17, 15) is 103 Å². The molecule has 64 heavy (non-hydrogen) atoms. The van der Waals surface area contributed by atoms with Crippen molar-refractivity contribution < 1.29 is 103 Å². The SMILES string of the molecule is O=C(O)CCC(CCC(=O)O)(CCC(=O)O)NC(=O)CCC(CCC(=O)NC(CCC(=O)O)(CCC(=O)O)CCC(=O)O)CCC(=O)NC(CCC(=O)O)(CCC(=O)O)CCC(=O)O. The minimum Gasteiger partial charge on any atom is -0.481 e. The normalized spacial score (nSPS) is 11.6. The third-order valence-electron chi connectivity index (χ3n) is 10.9. The van der Waals surface area contributed by atoms with Crippen molar-refractivity contribution in [1.82, 2.24) is 16.0 Å². The van der Waals surface area contributed by atoms with Crippen LogP contribution in [0.4, 0.5) is 0 Å². The fourth-order valence-electron chi connectivity index (χ4n) is 7.32. The van der Waals surface area contributed by atoms with Gasteiger partial charge in [0, 0.05) is 93.7 Å². The van der Waals surface area contributed by atoms with Gasteiger partial charge in [-0.15, -0.1) is 0 Å². The van der Waals surface area contributed by atoms with Crippen LogP contribution in [0.1, 0.15) is 154 Å². The van der Waals surface area contributed by atoms with Crippen molar-refractivity contribution in [2.75, 3.05) is 0 Å². The van der Waals surface area contributed by atoms with Crippen LogP contribution in [0, 0.1) is 5.92 Å². The lowest BCUT2D eigenvalue weighted by Gasteiger charge is -2.35. The standard InChI is InChI=1S/C40H61N3O21/c44-26(41-38(16-7-29(47)48,17-8-30(49)50)18-9-31(51)52)4-1-25(2-5-27(45)42-39(19-10-32(53)54,20-11-33(55)56)21-12-34(57)58)3-6-28(46)43-40(22-13-35(59)60,23-14-36(61)62)24-15-37(63)64/h25H,1-24H2,(H,41,44)(H,42,45)(H,43,46)(H,47,48)(H,49,50)(H,51,52)(H,53,54)(H,55,56)(H,57,58)(H,59,60)(H,61,62)(H,63,64). The number of hydrogen-bond acceptors (Lipinski definition) is 12. The van der Waals surface area contributed by atoms with Gasteiger partial charge in [-0.1, -0.05) is 0 Å². The first kappa shape index (κ1) is 57.6. The maximum absolute atomic E-state index is 13.5. The molecule has 0 saturated carbocycles. The highest BCUT2D eigenvalue weighted by Gasteiger charge is 2.37. The average molecular weight is 920 g/mol. The van der Waals surface area contributed by atoms with Crippen molar-refractivity contribution in [3.05, 3.63) is 0 Å². The number of carbonyl (C=O) groups excluding carboxylic acids is 3. The van der Waals surface area contributed by atoms with E-state index in [4.69, 9.17) is 0 Å². The van der Waals surface area contributed by atoms with E-state index in [1.807, 2.05) is 0 Å². The molecular weight excluding hydrogens is 858 g/mol. The molecule has 0 heterocycles. The van der Waals surface area contributed by atoms with E-state index in [1.165, 1.54) is 0 Å². The van der Waals surface area contributed by atoms with Crippen LogP contribution < -0.4 is 16.0 Å². The quantitative estimate of drug-likeness (QED) is 0.0421. The smallest absolute Gasteiger partial charge is 0.303 e. The second-order valence-electron chi connectivity index (χ2n) is 16.0. The number of carbonyl (C=O) groups is 12. The number of nitrogens with one attached hydrogen (secondary N) is 3. The van der Waals surface area contributed by atoms with Gasteiger partial charge in [-0.05, 0) is 83.0 Å². The van der Waals surface area contributed by atoms with Crippen molar-refractivity contribution in [2.24, 2.45) is 5.92 Å². The molecule has 0 aliphatic heterocycles. The predicted molar refractivity (Wildman–Crippen MR) is 216 cm³/mol. The Labute approximate surface area is 367 Å². The zero-order valence-corrected chi connectivity index (χ0v) is 35.5. The molecule has 0 radical (unpaired) electrons. The Balaban J connectivity index is 6.77. The second-order valence-corrected chi connectivity index (χ2v) is 16.0. The topological polar surface area (TPSA) is 423 Å². The number of carboxylic acids is 9. The predicted octanol–water partition coefficient (Wildman–Crippen LogP) is 2.29. The van der Waals surface area contributed by atoms with E-state index in [0.29, 0.717) is 0 Å². The monoisotopic (exact) mass is 919 g/mol. The summed E-state index contributed by atoms with van der Waals surface area (Å²) in [5.74, 6) is -14.8. The van der Waals surface area contributed by atoms with E-state index >= 15 is 0 Å². The molecule has 0 aromatic rings. The van der Waals surface area contributed by atoms with Crippen molar-refractivity contribution in [2.45, 2.75) is 171 Å². The summed E-state index contributed by atoms with van der Waals surface area (Å²) < 4.78 is 0. The first-order valence-corrected chi connectivity index (χ1v) is 20.6. The van der Waals surface area contributed by atoms with E-state index in [2.05, 4.69) is 16.0 Å². The van der Waals surface area contributed by atoms with Gasteiger partial charge in [0.05, 0.1) is 0 Å². The maximum atomic E-state index is 13.5. The second kappa shape index (κ2) is 29.1. The molecular formula is C40H61N3O21. The molecule has 0 unspecified atom stereocenters. The summed E-state index contributed by atoms with van der Waals surface area (Å²) >= 11 is 0. The summed E-state index contributed by atoms with van der Waals surface area (Å²) in [6.45, 7) is 0. The third-order valence-corrected chi connectivity index (χ3v) is 10.9. The zero-order valence-electron chi connectivity index (χ0n) is 35.5. The van der Waals surface area contributed by atoms with Crippen molar-refractivity contribution >= 4 is 71.4 Å². The average Bonchev–Trinajstić information content (AvgIpc) is 3.18. The minimum absolute atomic E-state index is 0.121. The maximum Gasteiger partial charge on any atom is 0.303 e. The highest BCUT2D eigenvalue weighted by Crippen LogP contribution is 2.30. The highest BCUT2D eigenvalue weighted by atomic mass is 16.4. The zero-order chi connectivity index (χ0) is 49.1. The van der Waals surface area contributed by atoms with E-state index in [1.54, 1.807) is 0 Å². The van der Waals surface area contributed by atoms with E-state index < -0.39 is 171 Å². The van der Waals surface area contributed by atoms with Gasteiger partial charge in [0.2, 0.25) is 17.7 Å². The highest BCUT2D eigenvalue weighted by molar-refractivity contribution is 5.80. The summed E-state index contributed by atoms with van der Waals surface area (Å²) in [5.41, 5.74) is -4.76. The van der Waals surface area contributed by atoms with Gasteiger partial charge in [0.15, 0.2) is 0 Å². The van der Waals surface area contributed by atoms with Crippen LogP contribution in [-0.2, 0) is 57.5 Å². The van der Waals surface area contributed by atoms with Gasteiger partial charge in [0.1, 0.15) is 0 Å². The van der Waals surface area contributed by atoms with Crippen LogP contribution in [-0.4, -0.2) is 134 Å². The largest absolute Gasteiger partial charge is 0.481 e. The first-order chi connectivity index (χ1) is 29.7. The van der Waals surface area contributed by atoms with Crippen molar-refractivity contribution in [3.63, 3.8) is 0 Å². The summed E-state index contributed by atoms with van der Waals surface area (Å²) in [7, 11) is 0. The molecule has 0 rings (SSSR count). The first-order valence-electron chi connectivity index (χ1n) is 20.6. The van der Waals surface area contributed by atoms with Gasteiger partial charge < -0.3 is 61.9 Å². The lowest BCUT2D eigenvalue weighted by atomic mass is 9.82. The molecule has 12 N–H and O–H groups in total. The molecule has 24 nitrogen and oxygen atoms in total. The fraction of sp³-hybridized carbons (Fsp3) is 0.700. The molecule has 0 atom stereocenters. The molecule has 3 amide bonds. The molecule has 0 fully saturated rings. The Morgan fingerprint density at radius 3 is 0.531 bits per heavy atom. The molecule has 0 bridgehead atoms. The number of rotatable bonds is 39. The van der Waals surface area contributed by atoms with Crippen LogP contribution >= 0.6 is 0 Å². The number of carboxylic acid groups (broad SMARTS) is 9. The van der Waals surface area contributed by atoms with Gasteiger partial charge in [-0.25, -0.2) is 0 Å². The molecule has 0 saturated heterocycles. The van der Waals surface area contributed by atoms with Gasteiger partial charge in [0.25, 0.3) is 0 Å². The minimum atomic E-state index is -1.59. The molecule has 0 spiro atoms. The number of hydrogen-bond donors (Lipinski definition) is 12. The number of amides is 3. The molecule has 0 aliphatic rings. The molecule has 362 valence electrons. The Morgan fingerprint density at radius 2 is 0.406 bits per heavy atom. The van der Waals surface area contributed by atoms with Crippen LogP contribution in [0.15, 0.2) is 0 Å². The van der Waals surface area contributed by atoms with Gasteiger partial charge in [-0.2, -0.15) is 0 Å². The van der Waals surface area contributed by atoms with Crippen LogP contribution in [0.2, 0.25) is 0 Å². The van der Waals surface area contributed by atoms with E-state index in [0.717, 1.165) is 0 Å². The van der Waals surface area contributed by atoms with Crippen LogP contribution in [0.25, 0.3) is 0 Å². The lowest BCUT2D eigenvalue weighted by Crippen LogP contribution is -2.50. The molecule has 24 heteroatoms. The van der Waals surface area contributed by atoms with Gasteiger partial charge >= 0.3 is 53.7 Å². The van der Waals surface area contributed by atoms with Gasteiger partial charge in [-0.3, -0.25) is 57.5 Å². The van der Waals surface area contributed by atoms with Crippen molar-refractivity contribution in [3.8, 4) is 0 Å². The third kappa shape index (κ3) is 27.6. The Bertz CT molecular complexity index is 1350. The Morgan fingerprint density at radius 1 is 0.266 bits per heavy atom. The lowest BCUT2D eigenvalue weighted by molar-refractivity contribution is -0.141. The Kier molecular flexibility index (Phi) is 26.2. The number of aliphatic carboxylic acids is 9. The van der Waals surface area contributed by atoms with Crippen LogP contribution in [0.3, 0.4) is 0 Å². The summed E-state index contributed by atoms with van der Waals surface area (Å²) in [6, 6.07) is 0. The molecule has 0 aromatic carbocycles. The summed E-state index contributed by atoms with van der Waals surface area (Å²) in [6.07, 6.45) is -9.64.